The number of carbonyl (C=O) groups is 1. The zero-order chi connectivity index (χ0) is 20.8. The number of hydrazine groups is 2. The van der Waals surface area contributed by atoms with Crippen molar-refractivity contribution in [1.82, 2.24) is 16.3 Å². The number of anilines is 1. The van der Waals surface area contributed by atoms with E-state index in [4.69, 9.17) is 34.8 Å². The van der Waals surface area contributed by atoms with Crippen molar-refractivity contribution in [3.05, 3.63) is 63.1 Å². The van der Waals surface area contributed by atoms with E-state index in [1.54, 1.807) is 12.1 Å². The van der Waals surface area contributed by atoms with Crippen LogP contribution in [0.5, 0.6) is 0 Å². The van der Waals surface area contributed by atoms with Crippen molar-refractivity contribution in [2.45, 2.75) is 44.7 Å². The van der Waals surface area contributed by atoms with Gasteiger partial charge in [-0.3, -0.25) is 15.2 Å². The van der Waals surface area contributed by atoms with Gasteiger partial charge in [-0.25, -0.2) is 10.9 Å². The van der Waals surface area contributed by atoms with Crippen molar-refractivity contribution < 1.29 is 4.79 Å². The Kier molecular flexibility index (Phi) is 8.04. The van der Waals surface area contributed by atoms with Gasteiger partial charge in [-0.1, -0.05) is 66.7 Å². The van der Waals surface area contributed by atoms with Gasteiger partial charge in [-0.15, -0.1) is 0 Å². The molecule has 1 amide bonds. The molecule has 29 heavy (non-hydrogen) atoms. The molecule has 1 fully saturated rings. The molecule has 0 bridgehead atoms. The fourth-order valence-corrected chi connectivity index (χ4v) is 4.01. The summed E-state index contributed by atoms with van der Waals surface area (Å²) in [7, 11) is 0. The summed E-state index contributed by atoms with van der Waals surface area (Å²) in [5.74, 6) is -0.104. The Bertz CT molecular complexity index is 831. The molecule has 8 heteroatoms. The van der Waals surface area contributed by atoms with Gasteiger partial charge < -0.3 is 0 Å². The van der Waals surface area contributed by atoms with Crippen molar-refractivity contribution in [2.75, 3.05) is 11.6 Å². The van der Waals surface area contributed by atoms with Crippen LogP contribution < -0.4 is 21.3 Å². The number of hydrogen-bond acceptors (Lipinski definition) is 4. The molecule has 3 rings (SSSR count). The first kappa shape index (κ1) is 22.2. The molecule has 0 spiro atoms. The van der Waals surface area contributed by atoms with Gasteiger partial charge in [0.25, 0.3) is 5.91 Å². The van der Waals surface area contributed by atoms with Gasteiger partial charge in [0.15, 0.2) is 0 Å². The number of carbonyl (C=O) groups excluding carboxylic acids is 1. The van der Waals surface area contributed by atoms with Crippen LogP contribution in [0.2, 0.25) is 15.1 Å². The third kappa shape index (κ3) is 5.77. The lowest BCUT2D eigenvalue weighted by atomic mass is 10.0. The summed E-state index contributed by atoms with van der Waals surface area (Å²) in [4.78, 5) is 12.7. The highest BCUT2D eigenvalue weighted by atomic mass is 35.5. The minimum atomic E-state index is -0.402. The van der Waals surface area contributed by atoms with Gasteiger partial charge in [0.05, 0.1) is 16.8 Å². The smallest absolute Gasteiger partial charge is 0.253 e. The van der Waals surface area contributed by atoms with E-state index in [1.165, 1.54) is 0 Å². The lowest BCUT2D eigenvalue weighted by Gasteiger charge is -2.27. The van der Waals surface area contributed by atoms with Crippen molar-refractivity contribution in [2.24, 2.45) is 0 Å². The molecular weight excluding hydrogens is 431 g/mol. The Balaban J connectivity index is 1.77. The maximum atomic E-state index is 12.7. The van der Waals surface area contributed by atoms with E-state index in [1.807, 2.05) is 35.3 Å². The molecule has 2 aromatic rings. The highest BCUT2D eigenvalue weighted by Gasteiger charge is 2.37. The quantitative estimate of drug-likeness (QED) is 0.374. The Labute approximate surface area is 186 Å². The zero-order valence-electron chi connectivity index (χ0n) is 16.2. The number of amides is 1. The minimum Gasteiger partial charge on any atom is -0.299 e. The fourth-order valence-electron chi connectivity index (χ4n) is 3.39. The summed E-state index contributed by atoms with van der Waals surface area (Å²) in [5.41, 5.74) is 10.9. The lowest BCUT2D eigenvalue weighted by molar-refractivity contribution is -0.123. The summed E-state index contributed by atoms with van der Waals surface area (Å²) < 4.78 is 0. The number of benzene rings is 2. The third-order valence-electron chi connectivity index (χ3n) is 4.92. The van der Waals surface area contributed by atoms with Crippen LogP contribution in [0.4, 0.5) is 5.69 Å². The second-order valence-electron chi connectivity index (χ2n) is 7.07. The largest absolute Gasteiger partial charge is 0.299 e. The predicted octanol–water partition coefficient (Wildman–Crippen LogP) is 5.28. The second kappa shape index (κ2) is 10.5. The minimum absolute atomic E-state index is 0.0817. The monoisotopic (exact) mass is 454 g/mol. The topological polar surface area (TPSA) is 56.4 Å². The summed E-state index contributed by atoms with van der Waals surface area (Å²) in [6.07, 6.45) is 3.88. The van der Waals surface area contributed by atoms with E-state index in [0.29, 0.717) is 21.5 Å². The summed E-state index contributed by atoms with van der Waals surface area (Å²) in [6.45, 7) is 2.90. The number of rotatable bonds is 8. The fraction of sp³-hybridized carbons (Fsp3) is 0.381. The van der Waals surface area contributed by atoms with Crippen LogP contribution in [0, 0.1) is 0 Å². The van der Waals surface area contributed by atoms with Gasteiger partial charge in [0.1, 0.15) is 6.04 Å². The Morgan fingerprint density at radius 3 is 2.52 bits per heavy atom. The van der Waals surface area contributed by atoms with Gasteiger partial charge in [0.2, 0.25) is 0 Å². The highest BCUT2D eigenvalue weighted by Crippen LogP contribution is 2.38. The zero-order valence-corrected chi connectivity index (χ0v) is 18.5. The van der Waals surface area contributed by atoms with Crippen molar-refractivity contribution in [3.63, 3.8) is 0 Å². The van der Waals surface area contributed by atoms with E-state index in [2.05, 4.69) is 23.2 Å². The summed E-state index contributed by atoms with van der Waals surface area (Å²) >= 11 is 18.6. The molecule has 0 radical (unpaired) electrons. The molecule has 0 aliphatic carbocycles. The highest BCUT2D eigenvalue weighted by molar-refractivity contribution is 6.36. The molecule has 0 saturated carbocycles. The first-order valence-corrected chi connectivity index (χ1v) is 10.9. The first-order valence-electron chi connectivity index (χ1n) is 9.78. The number of unbranched alkanes of at least 4 members (excludes halogenated alkanes) is 2. The molecule has 1 aliphatic heterocycles. The number of nitrogens with zero attached hydrogens (tertiary/aromatic N) is 1. The van der Waals surface area contributed by atoms with E-state index in [-0.39, 0.29) is 11.9 Å². The molecule has 2 aromatic carbocycles. The average molecular weight is 456 g/mol. The van der Waals surface area contributed by atoms with Gasteiger partial charge >= 0.3 is 0 Å². The summed E-state index contributed by atoms with van der Waals surface area (Å²) in [6, 6.07) is 12.5. The molecule has 156 valence electrons. The van der Waals surface area contributed by atoms with Crippen LogP contribution >= 0.6 is 34.8 Å². The van der Waals surface area contributed by atoms with Crippen LogP contribution in [0.3, 0.4) is 0 Å². The van der Waals surface area contributed by atoms with Crippen LogP contribution in [-0.4, -0.2) is 18.5 Å². The molecule has 1 heterocycles. The van der Waals surface area contributed by atoms with E-state index in [0.717, 1.165) is 37.1 Å². The van der Waals surface area contributed by atoms with Gasteiger partial charge in [-0.05, 0) is 48.7 Å². The van der Waals surface area contributed by atoms with Gasteiger partial charge in [0, 0.05) is 16.6 Å². The van der Waals surface area contributed by atoms with E-state index < -0.39 is 6.04 Å². The average Bonchev–Trinajstić information content (AvgIpc) is 3.13. The van der Waals surface area contributed by atoms with Crippen LogP contribution in [0.25, 0.3) is 0 Å². The lowest BCUT2D eigenvalue weighted by Crippen LogP contribution is -2.49. The predicted molar refractivity (Wildman–Crippen MR) is 120 cm³/mol. The van der Waals surface area contributed by atoms with Crippen molar-refractivity contribution >= 4 is 46.4 Å². The van der Waals surface area contributed by atoms with Crippen LogP contribution in [-0.2, 0) is 4.79 Å². The second-order valence-corrected chi connectivity index (χ2v) is 8.35. The first-order chi connectivity index (χ1) is 14.0. The van der Waals surface area contributed by atoms with E-state index >= 15 is 0 Å². The number of halogens is 3. The Morgan fingerprint density at radius 2 is 1.83 bits per heavy atom. The molecule has 2 atom stereocenters. The van der Waals surface area contributed by atoms with Gasteiger partial charge in [-0.2, -0.15) is 0 Å². The molecule has 3 N–H and O–H groups in total. The van der Waals surface area contributed by atoms with Crippen molar-refractivity contribution in [1.29, 1.82) is 0 Å². The molecule has 1 saturated heterocycles. The van der Waals surface area contributed by atoms with Crippen molar-refractivity contribution in [3.8, 4) is 0 Å². The number of hydrogen-bond donors (Lipinski definition) is 3. The molecule has 1 aliphatic rings. The standard InChI is InChI=1S/C21H25Cl3N4O/c1-2-3-4-11-25-26-21(29)18-13-20(14-5-7-15(22)8-6-14)28(27-18)19-10-9-16(23)12-17(19)24/h5-10,12,18,20,25,27H,2-4,11,13H2,1H3,(H,26,29). The molecular formula is C21H25Cl3N4O. The maximum Gasteiger partial charge on any atom is 0.253 e. The molecule has 5 nitrogen and oxygen atoms in total. The third-order valence-corrected chi connectivity index (χ3v) is 5.71. The van der Waals surface area contributed by atoms with E-state index in [9.17, 15) is 4.79 Å². The maximum absolute atomic E-state index is 12.7. The van der Waals surface area contributed by atoms with Crippen LogP contribution in [0.15, 0.2) is 42.5 Å². The Morgan fingerprint density at radius 1 is 1.10 bits per heavy atom. The Hall–Kier alpha value is -1.50. The number of nitrogens with one attached hydrogen (secondary N) is 3. The normalized spacial score (nSPS) is 18.8. The SMILES string of the molecule is CCCCCNNC(=O)C1CC(c2ccc(Cl)cc2)N(c2ccc(Cl)cc2Cl)N1. The molecule has 2 unspecified atom stereocenters. The summed E-state index contributed by atoms with van der Waals surface area (Å²) in [5, 5.41) is 3.68. The molecule has 0 aromatic heterocycles. The van der Waals surface area contributed by atoms with Crippen LogP contribution in [0.1, 0.15) is 44.2 Å².